The maximum atomic E-state index is 13.2. The van der Waals surface area contributed by atoms with Crippen LogP contribution in [0.5, 0.6) is 0 Å². The monoisotopic (exact) mass is 489 g/mol. The molecule has 0 unspecified atom stereocenters. The molecule has 2 aromatic carbocycles. The molecule has 33 heavy (non-hydrogen) atoms. The first-order chi connectivity index (χ1) is 15.8. The van der Waals surface area contributed by atoms with Gasteiger partial charge in [0.25, 0.3) is 0 Å². The van der Waals surface area contributed by atoms with Crippen LogP contribution in [0.3, 0.4) is 0 Å². The Kier molecular flexibility index (Phi) is 7.36. The minimum absolute atomic E-state index is 0.146. The number of carbonyl (C=O) groups is 2. The van der Waals surface area contributed by atoms with E-state index in [9.17, 15) is 18.0 Å². The van der Waals surface area contributed by atoms with Gasteiger partial charge in [-0.15, -0.1) is 0 Å². The third kappa shape index (κ3) is 5.57. The quantitative estimate of drug-likeness (QED) is 0.681. The van der Waals surface area contributed by atoms with Gasteiger partial charge in [0, 0.05) is 35.9 Å². The van der Waals surface area contributed by atoms with Gasteiger partial charge in [-0.2, -0.15) is 4.31 Å². The van der Waals surface area contributed by atoms with Crippen LogP contribution in [0.2, 0.25) is 5.02 Å². The molecular weight excluding hydrogens is 462 g/mol. The maximum Gasteiger partial charge on any atom is 0.244 e. The number of nitrogens with zero attached hydrogens (tertiary/aromatic N) is 2. The molecule has 2 aliphatic heterocycles. The van der Waals surface area contributed by atoms with Crippen molar-refractivity contribution in [2.45, 2.75) is 49.8 Å². The first-order valence-electron chi connectivity index (χ1n) is 11.3. The normalized spacial score (nSPS) is 17.7. The molecule has 1 fully saturated rings. The molecule has 1 N–H and O–H groups in total. The number of hydrogen-bond donors (Lipinski definition) is 1. The molecule has 0 bridgehead atoms. The van der Waals surface area contributed by atoms with Crippen molar-refractivity contribution in [1.29, 1.82) is 0 Å². The van der Waals surface area contributed by atoms with Crippen molar-refractivity contribution in [3.63, 3.8) is 0 Å². The minimum atomic E-state index is -3.59. The standard InChI is InChI=1S/C24H28ClN3O4S/c25-19-8-10-20(11-9-19)26-23(29)17-28-22-13-12-21(16-18(22)6-5-7-24(28)30)33(31,32)27-14-3-1-2-4-15-27/h8-13,16H,1-7,14-15,17H2,(H,26,29). The summed E-state index contributed by atoms with van der Waals surface area (Å²) in [5.74, 6) is -0.483. The van der Waals surface area contributed by atoms with E-state index >= 15 is 0 Å². The number of fused-ring (bicyclic) bond motifs is 1. The fourth-order valence-electron chi connectivity index (χ4n) is 4.37. The van der Waals surface area contributed by atoms with E-state index in [1.165, 1.54) is 4.90 Å². The molecule has 0 aromatic heterocycles. The number of benzene rings is 2. The van der Waals surface area contributed by atoms with Crippen molar-refractivity contribution in [3.8, 4) is 0 Å². The zero-order chi connectivity index (χ0) is 23.4. The smallest absolute Gasteiger partial charge is 0.244 e. The van der Waals surface area contributed by atoms with E-state index in [0.717, 1.165) is 31.2 Å². The lowest BCUT2D eigenvalue weighted by Crippen LogP contribution is -2.38. The average molecular weight is 490 g/mol. The molecule has 2 aromatic rings. The summed E-state index contributed by atoms with van der Waals surface area (Å²) in [5.41, 5.74) is 1.96. The van der Waals surface area contributed by atoms with E-state index in [4.69, 9.17) is 11.6 Å². The number of hydrogen-bond acceptors (Lipinski definition) is 4. The number of amides is 2. The summed E-state index contributed by atoms with van der Waals surface area (Å²) in [6.07, 6.45) is 5.33. The lowest BCUT2D eigenvalue weighted by Gasteiger charge is -2.24. The summed E-state index contributed by atoms with van der Waals surface area (Å²) in [6.45, 7) is 0.927. The summed E-state index contributed by atoms with van der Waals surface area (Å²) in [7, 11) is -3.59. The van der Waals surface area contributed by atoms with E-state index in [-0.39, 0.29) is 23.3 Å². The third-order valence-electron chi connectivity index (χ3n) is 6.11. The molecular formula is C24H28ClN3O4S. The van der Waals surface area contributed by atoms with Crippen molar-refractivity contribution in [3.05, 3.63) is 53.1 Å². The molecule has 2 amide bonds. The van der Waals surface area contributed by atoms with E-state index in [1.807, 2.05) is 0 Å². The summed E-state index contributed by atoms with van der Waals surface area (Å²) in [4.78, 5) is 27.1. The Labute approximate surface area is 199 Å². The summed E-state index contributed by atoms with van der Waals surface area (Å²) >= 11 is 5.89. The molecule has 0 atom stereocenters. The highest BCUT2D eigenvalue weighted by atomic mass is 35.5. The molecule has 0 spiro atoms. The van der Waals surface area contributed by atoms with Gasteiger partial charge in [-0.3, -0.25) is 9.59 Å². The molecule has 0 radical (unpaired) electrons. The lowest BCUT2D eigenvalue weighted by atomic mass is 10.1. The summed E-state index contributed by atoms with van der Waals surface area (Å²) in [6, 6.07) is 11.6. The van der Waals surface area contributed by atoms with Gasteiger partial charge in [-0.05, 0) is 73.7 Å². The molecule has 2 aliphatic rings. The first-order valence-corrected chi connectivity index (χ1v) is 13.2. The predicted molar refractivity (Wildman–Crippen MR) is 129 cm³/mol. The van der Waals surface area contributed by atoms with Crippen LogP contribution in [0, 0.1) is 0 Å². The Morgan fingerprint density at radius 1 is 0.939 bits per heavy atom. The van der Waals surface area contributed by atoms with Crippen molar-refractivity contribution in [2.75, 3.05) is 29.9 Å². The number of halogens is 1. The molecule has 9 heteroatoms. The van der Waals surface area contributed by atoms with Crippen LogP contribution in [0.4, 0.5) is 11.4 Å². The SMILES string of the molecule is O=C(CN1C(=O)CCCc2cc(S(=O)(=O)N3CCCCCC3)ccc21)Nc1ccc(Cl)cc1. The van der Waals surface area contributed by atoms with Crippen LogP contribution in [0.25, 0.3) is 0 Å². The van der Waals surface area contributed by atoms with Gasteiger partial charge < -0.3 is 10.2 Å². The Morgan fingerprint density at radius 2 is 1.64 bits per heavy atom. The molecule has 2 heterocycles. The molecule has 1 saturated heterocycles. The van der Waals surface area contributed by atoms with Gasteiger partial charge in [0.1, 0.15) is 6.54 Å². The molecule has 7 nitrogen and oxygen atoms in total. The highest BCUT2D eigenvalue weighted by Crippen LogP contribution is 2.31. The number of aryl methyl sites for hydroxylation is 1. The first kappa shape index (κ1) is 23.7. The van der Waals surface area contributed by atoms with E-state index in [0.29, 0.717) is 48.7 Å². The second-order valence-electron chi connectivity index (χ2n) is 8.50. The molecule has 0 saturated carbocycles. The van der Waals surface area contributed by atoms with E-state index in [1.54, 1.807) is 46.8 Å². The third-order valence-corrected chi connectivity index (χ3v) is 8.26. The lowest BCUT2D eigenvalue weighted by molar-refractivity contribution is -0.121. The maximum absolute atomic E-state index is 13.2. The Bertz CT molecular complexity index is 1130. The fraction of sp³-hybridized carbons (Fsp3) is 0.417. The number of nitrogens with one attached hydrogen (secondary N) is 1. The van der Waals surface area contributed by atoms with Crippen LogP contribution >= 0.6 is 11.6 Å². The molecule has 176 valence electrons. The van der Waals surface area contributed by atoms with Crippen molar-refractivity contribution >= 4 is 44.8 Å². The second-order valence-corrected chi connectivity index (χ2v) is 10.9. The zero-order valence-electron chi connectivity index (χ0n) is 18.4. The van der Waals surface area contributed by atoms with Crippen LogP contribution in [0.15, 0.2) is 47.4 Å². The highest BCUT2D eigenvalue weighted by molar-refractivity contribution is 7.89. The number of carbonyl (C=O) groups excluding carboxylic acids is 2. The van der Waals surface area contributed by atoms with Crippen molar-refractivity contribution in [2.24, 2.45) is 0 Å². The fourth-order valence-corrected chi connectivity index (χ4v) is 6.06. The predicted octanol–water partition coefficient (Wildman–Crippen LogP) is 4.21. The highest BCUT2D eigenvalue weighted by Gasteiger charge is 2.29. The number of sulfonamides is 1. The van der Waals surface area contributed by atoms with Gasteiger partial charge in [0.05, 0.1) is 4.90 Å². The largest absolute Gasteiger partial charge is 0.325 e. The minimum Gasteiger partial charge on any atom is -0.325 e. The zero-order valence-corrected chi connectivity index (χ0v) is 20.0. The van der Waals surface area contributed by atoms with Crippen molar-refractivity contribution in [1.82, 2.24) is 4.31 Å². The Hall–Kier alpha value is -2.42. The number of rotatable bonds is 5. The van der Waals surface area contributed by atoms with Gasteiger partial charge in [-0.25, -0.2) is 8.42 Å². The van der Waals surface area contributed by atoms with Crippen LogP contribution in [0.1, 0.15) is 44.1 Å². The van der Waals surface area contributed by atoms with Gasteiger partial charge in [0.2, 0.25) is 21.8 Å². The Balaban J connectivity index is 1.56. The van der Waals surface area contributed by atoms with Crippen molar-refractivity contribution < 1.29 is 18.0 Å². The summed E-state index contributed by atoms with van der Waals surface area (Å²) < 4.78 is 28.0. The van der Waals surface area contributed by atoms with Gasteiger partial charge >= 0.3 is 0 Å². The Morgan fingerprint density at radius 3 is 2.33 bits per heavy atom. The van der Waals surface area contributed by atoms with E-state index < -0.39 is 10.0 Å². The topological polar surface area (TPSA) is 86.8 Å². The number of anilines is 2. The average Bonchev–Trinajstić information content (AvgIpc) is 3.16. The second kappa shape index (κ2) is 10.2. The van der Waals surface area contributed by atoms with Gasteiger partial charge in [0.15, 0.2) is 0 Å². The molecule has 4 rings (SSSR count). The molecule has 0 aliphatic carbocycles. The van der Waals surface area contributed by atoms with Crippen LogP contribution in [-0.2, 0) is 26.0 Å². The van der Waals surface area contributed by atoms with E-state index in [2.05, 4.69) is 5.32 Å². The van der Waals surface area contributed by atoms with Crippen LogP contribution in [-0.4, -0.2) is 44.2 Å². The van der Waals surface area contributed by atoms with Crippen LogP contribution < -0.4 is 10.2 Å². The van der Waals surface area contributed by atoms with Gasteiger partial charge in [-0.1, -0.05) is 24.4 Å². The summed E-state index contributed by atoms with van der Waals surface area (Å²) in [5, 5.41) is 3.34.